The van der Waals surface area contributed by atoms with Crippen LogP contribution in [0.2, 0.25) is 0 Å². The van der Waals surface area contributed by atoms with Crippen molar-refractivity contribution < 1.29 is 43.1 Å². The predicted octanol–water partition coefficient (Wildman–Crippen LogP) is 2.66. The first-order valence-corrected chi connectivity index (χ1v) is 11.9. The molecule has 198 valence electrons. The Morgan fingerprint density at radius 3 is 2.11 bits per heavy atom. The molecule has 0 aliphatic rings. The van der Waals surface area contributed by atoms with Gasteiger partial charge in [0, 0.05) is 46.0 Å². The molecule has 0 aromatic heterocycles. The van der Waals surface area contributed by atoms with Crippen molar-refractivity contribution in [2.75, 3.05) is 68.3 Å². The summed E-state index contributed by atoms with van der Waals surface area (Å²) < 4.78 is 32.2. The molecule has 0 radical (unpaired) electrons. The van der Waals surface area contributed by atoms with Crippen molar-refractivity contribution in [3.63, 3.8) is 0 Å². The minimum atomic E-state index is -0.365. The van der Waals surface area contributed by atoms with Gasteiger partial charge in [0.25, 0.3) is 0 Å². The smallest absolute Gasteiger partial charge is 0.227 e. The molecule has 0 fully saturated rings. The first-order chi connectivity index (χ1) is 17.4. The van der Waals surface area contributed by atoms with E-state index in [4.69, 9.17) is 28.4 Å². The number of aliphatic hydroxyl groups is 1. The van der Waals surface area contributed by atoms with E-state index in [2.05, 4.69) is 15.9 Å². The van der Waals surface area contributed by atoms with E-state index in [1.807, 2.05) is 0 Å². The normalized spacial score (nSPS) is 10.7. The van der Waals surface area contributed by atoms with Crippen molar-refractivity contribution in [2.24, 2.45) is 0 Å². The number of nitrogens with zero attached hydrogens (tertiary/aromatic N) is 1. The fraction of sp³-hybridized carbons (Fsp3) is 0.440. The second-order valence-corrected chi connectivity index (χ2v) is 8.27. The third-order valence-corrected chi connectivity index (χ3v) is 6.02. The quantitative estimate of drug-likeness (QED) is 0.241. The molecule has 0 aliphatic carbocycles. The molecule has 2 rings (SSSR count). The molecule has 0 atom stereocenters. The molecule has 36 heavy (non-hydrogen) atoms. The highest BCUT2D eigenvalue weighted by molar-refractivity contribution is 9.10. The number of hydrogen-bond acceptors (Lipinski definition) is 9. The number of carbonyl (C=O) groups excluding carboxylic acids is 2. The highest BCUT2D eigenvalue weighted by atomic mass is 79.9. The van der Waals surface area contributed by atoms with E-state index in [0.717, 1.165) is 0 Å². The fourth-order valence-electron chi connectivity index (χ4n) is 3.37. The van der Waals surface area contributed by atoms with Crippen LogP contribution < -0.4 is 14.2 Å². The monoisotopic (exact) mass is 569 g/mol. The third-order valence-electron chi connectivity index (χ3n) is 5.15. The Morgan fingerprint density at radius 1 is 0.917 bits per heavy atom. The van der Waals surface area contributed by atoms with Crippen molar-refractivity contribution in [1.82, 2.24) is 4.90 Å². The molecule has 2 aromatic carbocycles. The number of ether oxygens (including phenoxy) is 6. The molecular formula is C25H32BrNO9. The number of hydrogen-bond donors (Lipinski definition) is 1. The lowest BCUT2D eigenvalue weighted by Gasteiger charge is -2.24. The number of rotatable bonds is 16. The Balaban J connectivity index is 2.64. The van der Waals surface area contributed by atoms with Gasteiger partial charge in [-0.1, -0.05) is 0 Å². The first-order valence-electron chi connectivity index (χ1n) is 11.1. The van der Waals surface area contributed by atoms with E-state index in [-0.39, 0.29) is 62.7 Å². The van der Waals surface area contributed by atoms with E-state index in [1.54, 1.807) is 30.3 Å². The topological polar surface area (TPSA) is 113 Å². The van der Waals surface area contributed by atoms with Crippen LogP contribution in [0.3, 0.4) is 0 Å². The zero-order valence-electron chi connectivity index (χ0n) is 20.9. The van der Waals surface area contributed by atoms with Crippen LogP contribution in [0.25, 0.3) is 0 Å². The molecule has 0 aliphatic heterocycles. The summed E-state index contributed by atoms with van der Waals surface area (Å²) in [7, 11) is 6.00. The summed E-state index contributed by atoms with van der Waals surface area (Å²) in [6, 6.07) is 8.15. The average Bonchev–Trinajstić information content (AvgIpc) is 2.90. The van der Waals surface area contributed by atoms with E-state index in [1.165, 1.54) is 33.3 Å². The minimum Gasteiger partial charge on any atom is -0.497 e. The van der Waals surface area contributed by atoms with Crippen molar-refractivity contribution in [3.8, 4) is 17.2 Å². The molecule has 2 aromatic rings. The fourth-order valence-corrected chi connectivity index (χ4v) is 3.94. The predicted molar refractivity (Wildman–Crippen MR) is 135 cm³/mol. The van der Waals surface area contributed by atoms with Gasteiger partial charge in [-0.05, 0) is 45.8 Å². The van der Waals surface area contributed by atoms with Gasteiger partial charge in [0.05, 0.1) is 36.8 Å². The first kappa shape index (κ1) is 29.5. The molecule has 1 N–H and O–H groups in total. The Morgan fingerprint density at radius 2 is 1.56 bits per heavy atom. The van der Waals surface area contributed by atoms with Gasteiger partial charge in [0.1, 0.15) is 17.2 Å². The summed E-state index contributed by atoms with van der Waals surface area (Å²) in [5.41, 5.74) is 0.912. The standard InChI is InChI=1S/C25H32BrNO9/c1-31-12-10-27(9-11-28)22(29)13-19-23(25(30)17-5-7-18(34-4)8-6-17)20(35-15-32-2)14-21(24(19)26)36-16-33-3/h5-8,14,28H,9-13,15-16H2,1-4H3. The Hall–Kier alpha value is -2.70. The minimum absolute atomic E-state index is 0.0635. The highest BCUT2D eigenvalue weighted by Crippen LogP contribution is 2.40. The second kappa shape index (κ2) is 15.4. The van der Waals surface area contributed by atoms with Gasteiger partial charge in [-0.3, -0.25) is 9.59 Å². The lowest BCUT2D eigenvalue weighted by atomic mass is 9.94. The van der Waals surface area contributed by atoms with Gasteiger partial charge in [0.2, 0.25) is 5.91 Å². The van der Waals surface area contributed by atoms with Crippen molar-refractivity contribution in [1.29, 1.82) is 0 Å². The summed E-state index contributed by atoms with van der Waals surface area (Å²) in [6.07, 6.45) is -0.172. The van der Waals surface area contributed by atoms with Gasteiger partial charge in [-0.15, -0.1) is 0 Å². The molecule has 0 bridgehead atoms. The third kappa shape index (κ3) is 7.90. The maximum absolute atomic E-state index is 13.7. The van der Waals surface area contributed by atoms with E-state index in [9.17, 15) is 14.7 Å². The Labute approximate surface area is 219 Å². The van der Waals surface area contributed by atoms with Crippen molar-refractivity contribution >= 4 is 27.6 Å². The summed E-state index contributed by atoms with van der Waals surface area (Å²) >= 11 is 3.51. The van der Waals surface area contributed by atoms with Gasteiger partial charge in [0.15, 0.2) is 19.4 Å². The van der Waals surface area contributed by atoms with E-state index in [0.29, 0.717) is 33.7 Å². The van der Waals surface area contributed by atoms with Crippen LogP contribution in [0.1, 0.15) is 21.5 Å². The van der Waals surface area contributed by atoms with Crippen LogP contribution in [-0.2, 0) is 25.4 Å². The maximum Gasteiger partial charge on any atom is 0.227 e. The van der Waals surface area contributed by atoms with Crippen LogP contribution in [0.15, 0.2) is 34.8 Å². The van der Waals surface area contributed by atoms with Gasteiger partial charge >= 0.3 is 0 Å². The van der Waals surface area contributed by atoms with Crippen LogP contribution in [0, 0.1) is 0 Å². The zero-order chi connectivity index (χ0) is 26.5. The number of carbonyl (C=O) groups is 2. The number of amides is 1. The summed E-state index contributed by atoms with van der Waals surface area (Å²) in [6.45, 7) is 0.284. The number of halogens is 1. The summed E-state index contributed by atoms with van der Waals surface area (Å²) in [4.78, 5) is 28.5. The van der Waals surface area contributed by atoms with Crippen LogP contribution >= 0.6 is 15.9 Å². The average molecular weight is 570 g/mol. The zero-order valence-corrected chi connectivity index (χ0v) is 22.5. The van der Waals surface area contributed by atoms with Crippen LogP contribution in [-0.4, -0.2) is 90.0 Å². The Kier molecular flexibility index (Phi) is 12.6. The molecule has 11 heteroatoms. The van der Waals surface area contributed by atoms with Crippen molar-refractivity contribution in [3.05, 3.63) is 51.5 Å². The molecule has 10 nitrogen and oxygen atoms in total. The van der Waals surface area contributed by atoms with E-state index < -0.39 is 0 Å². The summed E-state index contributed by atoms with van der Waals surface area (Å²) in [5.74, 6) is 0.423. The van der Waals surface area contributed by atoms with Gasteiger partial charge < -0.3 is 38.4 Å². The number of benzene rings is 2. The SMILES string of the molecule is COCCN(CCO)C(=O)Cc1c(Br)c(OCOC)cc(OCOC)c1C(=O)c1ccc(OC)cc1. The number of methoxy groups -OCH3 is 4. The maximum atomic E-state index is 13.7. The number of aliphatic hydroxyl groups excluding tert-OH is 1. The molecular weight excluding hydrogens is 538 g/mol. The molecule has 1 amide bonds. The second-order valence-electron chi connectivity index (χ2n) is 7.47. The van der Waals surface area contributed by atoms with Gasteiger partial charge in [-0.2, -0.15) is 0 Å². The van der Waals surface area contributed by atoms with Gasteiger partial charge in [-0.25, -0.2) is 0 Å². The molecule has 0 spiro atoms. The highest BCUT2D eigenvalue weighted by Gasteiger charge is 2.28. The number of ketones is 1. The van der Waals surface area contributed by atoms with Crippen LogP contribution in [0.5, 0.6) is 17.2 Å². The van der Waals surface area contributed by atoms with E-state index >= 15 is 0 Å². The Bertz CT molecular complexity index is 998. The molecule has 0 heterocycles. The molecule has 0 unspecified atom stereocenters. The lowest BCUT2D eigenvalue weighted by molar-refractivity contribution is -0.131. The summed E-state index contributed by atoms with van der Waals surface area (Å²) in [5, 5.41) is 9.45. The largest absolute Gasteiger partial charge is 0.497 e. The van der Waals surface area contributed by atoms with Crippen molar-refractivity contribution in [2.45, 2.75) is 6.42 Å². The molecule has 0 saturated heterocycles. The lowest BCUT2D eigenvalue weighted by Crippen LogP contribution is -2.37. The molecule has 0 saturated carbocycles. The van der Waals surface area contributed by atoms with Crippen LogP contribution in [0.4, 0.5) is 0 Å².